The van der Waals surface area contributed by atoms with Gasteiger partial charge in [-0.1, -0.05) is 22.9 Å². The first kappa shape index (κ1) is 23.8. The fourth-order valence-corrected chi connectivity index (χ4v) is 5.36. The summed E-state index contributed by atoms with van der Waals surface area (Å²) in [6.07, 6.45) is 1.60. The maximum Gasteiger partial charge on any atom is 0.226 e. The second-order valence-electron chi connectivity index (χ2n) is 7.25. The van der Waals surface area contributed by atoms with E-state index >= 15 is 0 Å². The first-order valence-electron chi connectivity index (χ1n) is 9.89. The Morgan fingerprint density at radius 1 is 1.31 bits per heavy atom. The van der Waals surface area contributed by atoms with Crippen molar-refractivity contribution in [1.29, 1.82) is 0 Å². The molecule has 1 heterocycles. The third kappa shape index (κ3) is 6.52. The Kier molecular flexibility index (Phi) is 8.66. The molecule has 2 rings (SSSR count). The second-order valence-corrected chi connectivity index (χ2v) is 10.2. The Hall–Kier alpha value is -1.45. The summed E-state index contributed by atoms with van der Waals surface area (Å²) in [7, 11) is -3.73. The van der Waals surface area contributed by atoms with Crippen molar-refractivity contribution >= 4 is 43.3 Å². The zero-order chi connectivity index (χ0) is 21.6. The van der Waals surface area contributed by atoms with Crippen LogP contribution >= 0.6 is 15.9 Å². The van der Waals surface area contributed by atoms with Gasteiger partial charge in [0.1, 0.15) is 0 Å². The molecule has 0 saturated carbocycles. The van der Waals surface area contributed by atoms with Crippen LogP contribution in [0.5, 0.6) is 0 Å². The number of rotatable bonds is 10. The van der Waals surface area contributed by atoms with Crippen LogP contribution in [0.25, 0.3) is 0 Å². The number of hydrogen-bond acceptors (Lipinski definition) is 5. The molecule has 0 radical (unpaired) electrons. The largest absolute Gasteiger partial charge is 0.379 e. The quantitative estimate of drug-likeness (QED) is 0.511. The molecule has 9 heteroatoms. The normalized spacial score (nSPS) is 13.6. The van der Waals surface area contributed by atoms with Crippen LogP contribution in [-0.2, 0) is 30.6 Å². The predicted octanol–water partition coefficient (Wildman–Crippen LogP) is 2.84. The van der Waals surface area contributed by atoms with E-state index in [2.05, 4.69) is 21.2 Å². The monoisotopic (exact) mass is 488 g/mol. The van der Waals surface area contributed by atoms with Crippen molar-refractivity contribution in [2.24, 2.45) is 0 Å². The lowest BCUT2D eigenvalue weighted by Crippen LogP contribution is -2.30. The lowest BCUT2D eigenvalue weighted by molar-refractivity contribution is -0.121. The summed E-state index contributed by atoms with van der Waals surface area (Å²) in [5.41, 5.74) is 1.29. The highest BCUT2D eigenvalue weighted by atomic mass is 79.9. The summed E-state index contributed by atoms with van der Waals surface area (Å²) < 4.78 is 32.0. The molecule has 0 aromatic heterocycles. The van der Waals surface area contributed by atoms with Crippen molar-refractivity contribution in [1.82, 2.24) is 5.32 Å². The van der Waals surface area contributed by atoms with Gasteiger partial charge in [-0.15, -0.1) is 0 Å². The third-order valence-corrected chi connectivity index (χ3v) is 6.80. The summed E-state index contributed by atoms with van der Waals surface area (Å²) in [6, 6.07) is 3.37. The molecular formula is C20H29BrN2O5S. The SMILES string of the molecule is CCC(=O)N1CCc2cc(Br)cc(S(=O)(=O)CCC(=O)NCCCOC(C)C)c21. The van der Waals surface area contributed by atoms with Gasteiger partial charge in [0.25, 0.3) is 0 Å². The molecule has 1 N–H and O–H groups in total. The zero-order valence-electron chi connectivity index (χ0n) is 17.2. The molecule has 1 aliphatic rings. The van der Waals surface area contributed by atoms with Gasteiger partial charge in [-0.25, -0.2) is 8.42 Å². The van der Waals surface area contributed by atoms with Gasteiger partial charge in [-0.05, 0) is 44.4 Å². The van der Waals surface area contributed by atoms with Gasteiger partial charge in [0.2, 0.25) is 11.8 Å². The Balaban J connectivity index is 2.05. The minimum absolute atomic E-state index is 0.108. The Morgan fingerprint density at radius 3 is 2.69 bits per heavy atom. The molecule has 1 aromatic carbocycles. The minimum Gasteiger partial charge on any atom is -0.379 e. The molecule has 1 aromatic rings. The molecule has 0 saturated heterocycles. The van der Waals surface area contributed by atoms with Crippen molar-refractivity contribution in [3.63, 3.8) is 0 Å². The molecule has 0 unspecified atom stereocenters. The second kappa shape index (κ2) is 10.5. The molecule has 0 spiro atoms. The van der Waals surface area contributed by atoms with E-state index in [9.17, 15) is 18.0 Å². The molecule has 0 aliphatic carbocycles. The maximum absolute atomic E-state index is 13.0. The summed E-state index contributed by atoms with van der Waals surface area (Å²) >= 11 is 3.36. The molecular weight excluding hydrogens is 460 g/mol. The van der Waals surface area contributed by atoms with Crippen LogP contribution in [0.4, 0.5) is 5.69 Å². The third-order valence-electron chi connectivity index (χ3n) is 4.62. The average molecular weight is 489 g/mol. The van der Waals surface area contributed by atoms with Gasteiger partial charge >= 0.3 is 0 Å². The number of sulfone groups is 1. The standard InChI is InChI=1S/C20H29BrN2O5S/c1-4-19(25)23-9-6-15-12-16(21)13-17(20(15)23)29(26,27)11-7-18(24)22-8-5-10-28-14(2)3/h12-14H,4-11H2,1-3H3,(H,22,24). The van der Waals surface area contributed by atoms with E-state index in [4.69, 9.17) is 4.74 Å². The summed E-state index contributed by atoms with van der Waals surface area (Å²) in [5, 5.41) is 2.72. The van der Waals surface area contributed by atoms with Crippen LogP contribution in [0, 0.1) is 0 Å². The van der Waals surface area contributed by atoms with E-state index in [-0.39, 0.29) is 35.0 Å². The number of ether oxygens (including phenoxy) is 1. The number of hydrogen-bond donors (Lipinski definition) is 1. The van der Waals surface area contributed by atoms with Crippen molar-refractivity contribution in [3.8, 4) is 0 Å². The molecule has 2 amide bonds. The van der Waals surface area contributed by atoms with Crippen molar-refractivity contribution in [2.75, 3.05) is 30.3 Å². The summed E-state index contributed by atoms with van der Waals surface area (Å²) in [5.74, 6) is -0.728. The van der Waals surface area contributed by atoms with E-state index in [0.29, 0.717) is 49.1 Å². The number of anilines is 1. The number of nitrogens with zero attached hydrogens (tertiary/aromatic N) is 1. The predicted molar refractivity (Wildman–Crippen MR) is 116 cm³/mol. The van der Waals surface area contributed by atoms with Gasteiger partial charge < -0.3 is 15.0 Å². The van der Waals surface area contributed by atoms with Gasteiger partial charge in [0.05, 0.1) is 22.4 Å². The number of fused-ring (bicyclic) bond motifs is 1. The topological polar surface area (TPSA) is 92.8 Å². The number of carbonyl (C=O) groups is 2. The molecule has 1 aliphatic heterocycles. The van der Waals surface area contributed by atoms with Gasteiger partial charge in [0, 0.05) is 37.0 Å². The lowest BCUT2D eigenvalue weighted by atomic mass is 10.2. The van der Waals surface area contributed by atoms with E-state index in [0.717, 1.165) is 5.56 Å². The van der Waals surface area contributed by atoms with Crippen molar-refractivity contribution < 1.29 is 22.7 Å². The van der Waals surface area contributed by atoms with Crippen LogP contribution < -0.4 is 10.2 Å². The maximum atomic E-state index is 13.0. The van der Waals surface area contributed by atoms with E-state index in [1.807, 2.05) is 19.9 Å². The highest BCUT2D eigenvalue weighted by Gasteiger charge is 2.32. The molecule has 0 fully saturated rings. The van der Waals surface area contributed by atoms with Crippen LogP contribution in [0.3, 0.4) is 0 Å². The number of amides is 2. The summed E-state index contributed by atoms with van der Waals surface area (Å²) in [4.78, 5) is 26.0. The highest BCUT2D eigenvalue weighted by molar-refractivity contribution is 9.10. The van der Waals surface area contributed by atoms with Crippen LogP contribution in [0.15, 0.2) is 21.5 Å². The van der Waals surface area contributed by atoms with Crippen LogP contribution in [0.2, 0.25) is 0 Å². The first-order valence-corrected chi connectivity index (χ1v) is 12.3. The molecule has 0 atom stereocenters. The van der Waals surface area contributed by atoms with Crippen molar-refractivity contribution in [2.45, 2.75) is 57.5 Å². The molecule has 162 valence electrons. The van der Waals surface area contributed by atoms with E-state index in [1.54, 1.807) is 11.8 Å². The fraction of sp³-hybridized carbons (Fsp3) is 0.600. The van der Waals surface area contributed by atoms with Gasteiger partial charge in [-0.2, -0.15) is 0 Å². The molecule has 29 heavy (non-hydrogen) atoms. The highest BCUT2D eigenvalue weighted by Crippen LogP contribution is 2.38. The Bertz CT molecular complexity index is 855. The Labute approximate surface area is 181 Å². The summed E-state index contributed by atoms with van der Waals surface area (Å²) in [6.45, 7) is 7.09. The van der Waals surface area contributed by atoms with Gasteiger partial charge in [-0.3, -0.25) is 9.59 Å². The van der Waals surface area contributed by atoms with Crippen molar-refractivity contribution in [3.05, 3.63) is 22.2 Å². The average Bonchev–Trinajstić information content (AvgIpc) is 3.08. The van der Waals surface area contributed by atoms with Gasteiger partial charge in [0.15, 0.2) is 9.84 Å². The fourth-order valence-electron chi connectivity index (χ4n) is 3.19. The number of nitrogens with one attached hydrogen (secondary N) is 1. The molecule has 7 nitrogen and oxygen atoms in total. The zero-order valence-corrected chi connectivity index (χ0v) is 19.6. The first-order chi connectivity index (χ1) is 13.7. The minimum atomic E-state index is -3.73. The number of benzene rings is 1. The number of carbonyl (C=O) groups excluding carboxylic acids is 2. The van der Waals surface area contributed by atoms with Crippen LogP contribution in [-0.4, -0.2) is 51.8 Å². The number of halogens is 1. The van der Waals surface area contributed by atoms with Crippen LogP contribution in [0.1, 0.15) is 45.6 Å². The molecule has 0 bridgehead atoms. The smallest absolute Gasteiger partial charge is 0.226 e. The lowest BCUT2D eigenvalue weighted by Gasteiger charge is -2.20. The van der Waals surface area contributed by atoms with E-state index < -0.39 is 9.84 Å². The van der Waals surface area contributed by atoms with E-state index in [1.165, 1.54) is 6.07 Å². The Morgan fingerprint density at radius 2 is 2.03 bits per heavy atom.